The molecule has 0 aromatic heterocycles. The topological polar surface area (TPSA) is 41.6 Å². The molecule has 3 rings (SSSR count). The van der Waals surface area contributed by atoms with E-state index in [1.807, 2.05) is 7.05 Å². The summed E-state index contributed by atoms with van der Waals surface area (Å²) in [4.78, 5) is 14.2. The van der Waals surface area contributed by atoms with Gasteiger partial charge in [0.25, 0.3) is 0 Å². The quantitative estimate of drug-likeness (QED) is 0.691. The number of alkyl halides is 3. The molecule has 1 N–H and O–H groups in total. The molecule has 1 atom stereocenters. The van der Waals surface area contributed by atoms with Gasteiger partial charge in [0.1, 0.15) is 18.2 Å². The van der Waals surface area contributed by atoms with E-state index >= 15 is 0 Å². The van der Waals surface area contributed by atoms with Gasteiger partial charge in [-0.25, -0.2) is 13.6 Å². The zero-order valence-corrected chi connectivity index (χ0v) is 15.5. The molecule has 1 saturated heterocycles. The molecule has 1 amide bonds. The Kier molecular flexibility index (Phi) is 6.07. The number of carbonyl (C=O) groups excluding carboxylic acids is 1. The standard InChI is InChI=1S/C20H19F5N2O2/c1-27-9-3-4-13(27)11-29-19(28)26-17-8-7-12(21)10-15(17)14-5-2-6-16(18(14)22)20(23,24)25/h2,5-8,10,13H,3-4,9,11H2,1H3,(H,26,28). The van der Waals surface area contributed by atoms with Crippen LogP contribution in [0.5, 0.6) is 0 Å². The highest BCUT2D eigenvalue weighted by Gasteiger charge is 2.35. The first-order valence-electron chi connectivity index (χ1n) is 8.96. The van der Waals surface area contributed by atoms with Crippen molar-refractivity contribution in [3.8, 4) is 11.1 Å². The first-order valence-corrected chi connectivity index (χ1v) is 8.96. The number of ether oxygens (including phenoxy) is 1. The minimum absolute atomic E-state index is 0.0607. The highest BCUT2D eigenvalue weighted by molar-refractivity contribution is 5.91. The molecule has 1 unspecified atom stereocenters. The highest BCUT2D eigenvalue weighted by Crippen LogP contribution is 2.38. The number of halogens is 5. The van der Waals surface area contributed by atoms with Gasteiger partial charge in [-0.05, 0) is 50.7 Å². The van der Waals surface area contributed by atoms with Crippen LogP contribution < -0.4 is 5.32 Å². The van der Waals surface area contributed by atoms with Crippen LogP contribution in [0.4, 0.5) is 32.4 Å². The largest absolute Gasteiger partial charge is 0.448 e. The predicted molar refractivity (Wildman–Crippen MR) is 97.4 cm³/mol. The van der Waals surface area contributed by atoms with Crippen LogP contribution in [0, 0.1) is 11.6 Å². The van der Waals surface area contributed by atoms with Crippen molar-refractivity contribution in [1.82, 2.24) is 4.90 Å². The third-order valence-electron chi connectivity index (χ3n) is 4.89. The minimum atomic E-state index is -4.91. The van der Waals surface area contributed by atoms with Gasteiger partial charge in [-0.2, -0.15) is 13.2 Å². The number of nitrogens with zero attached hydrogens (tertiary/aromatic N) is 1. The molecule has 9 heteroatoms. The Balaban J connectivity index is 1.84. The second-order valence-corrected chi connectivity index (χ2v) is 6.85. The number of rotatable bonds is 4. The van der Waals surface area contributed by atoms with Crippen LogP contribution in [0.15, 0.2) is 36.4 Å². The molecule has 1 aliphatic rings. The lowest BCUT2D eigenvalue weighted by molar-refractivity contribution is -0.139. The monoisotopic (exact) mass is 414 g/mol. The van der Waals surface area contributed by atoms with Crippen molar-refractivity contribution in [2.24, 2.45) is 0 Å². The third kappa shape index (κ3) is 4.84. The number of anilines is 1. The van der Waals surface area contributed by atoms with Crippen LogP contribution in [-0.2, 0) is 10.9 Å². The van der Waals surface area contributed by atoms with Crippen molar-refractivity contribution in [3.63, 3.8) is 0 Å². The van der Waals surface area contributed by atoms with Crippen molar-refractivity contribution in [2.75, 3.05) is 25.5 Å². The Morgan fingerprint density at radius 1 is 1.21 bits per heavy atom. The number of carbonyl (C=O) groups is 1. The Bertz CT molecular complexity index is 901. The number of benzene rings is 2. The van der Waals surface area contributed by atoms with Gasteiger partial charge in [-0.15, -0.1) is 0 Å². The lowest BCUT2D eigenvalue weighted by atomic mass is 10.00. The van der Waals surface area contributed by atoms with Crippen LogP contribution in [0.2, 0.25) is 0 Å². The van der Waals surface area contributed by atoms with E-state index in [0.29, 0.717) is 6.07 Å². The molecular weight excluding hydrogens is 395 g/mol. The fourth-order valence-corrected chi connectivity index (χ4v) is 3.31. The van der Waals surface area contributed by atoms with E-state index in [1.54, 1.807) is 0 Å². The van der Waals surface area contributed by atoms with Crippen LogP contribution >= 0.6 is 0 Å². The maximum atomic E-state index is 14.5. The first-order chi connectivity index (χ1) is 13.7. The third-order valence-corrected chi connectivity index (χ3v) is 4.89. The highest BCUT2D eigenvalue weighted by atomic mass is 19.4. The molecule has 1 aliphatic heterocycles. The van der Waals surface area contributed by atoms with Gasteiger partial charge in [0.05, 0.1) is 11.3 Å². The van der Waals surface area contributed by atoms with E-state index in [1.165, 1.54) is 0 Å². The molecule has 4 nitrogen and oxygen atoms in total. The van der Waals surface area contributed by atoms with Crippen molar-refractivity contribution in [3.05, 3.63) is 53.6 Å². The maximum absolute atomic E-state index is 14.5. The summed E-state index contributed by atoms with van der Waals surface area (Å²) in [6, 6.07) is 5.79. The van der Waals surface area contributed by atoms with E-state index in [9.17, 15) is 26.7 Å². The molecule has 0 aliphatic carbocycles. The SMILES string of the molecule is CN1CCCC1COC(=O)Nc1ccc(F)cc1-c1cccc(C(F)(F)F)c1F. The second-order valence-electron chi connectivity index (χ2n) is 6.85. The van der Waals surface area contributed by atoms with Crippen molar-refractivity contribution < 1.29 is 31.5 Å². The molecule has 2 aromatic carbocycles. The number of likely N-dealkylation sites (N-methyl/N-ethyl adjacent to an activating group) is 1. The van der Waals surface area contributed by atoms with E-state index in [4.69, 9.17) is 4.74 Å². The average molecular weight is 414 g/mol. The number of likely N-dealkylation sites (tertiary alicyclic amines) is 1. The van der Waals surface area contributed by atoms with Gasteiger partial charge in [0.2, 0.25) is 0 Å². The Labute approximate surface area is 164 Å². The lowest BCUT2D eigenvalue weighted by Crippen LogP contribution is -2.31. The summed E-state index contributed by atoms with van der Waals surface area (Å²) in [6.07, 6.45) is -3.90. The van der Waals surface area contributed by atoms with Crippen LogP contribution in [0.25, 0.3) is 11.1 Å². The van der Waals surface area contributed by atoms with Crippen LogP contribution in [0.1, 0.15) is 18.4 Å². The summed E-state index contributed by atoms with van der Waals surface area (Å²) in [5.74, 6) is -2.34. The van der Waals surface area contributed by atoms with E-state index < -0.39 is 35.0 Å². The Morgan fingerprint density at radius 3 is 2.62 bits per heavy atom. The van der Waals surface area contributed by atoms with E-state index in [-0.39, 0.29) is 23.9 Å². The minimum Gasteiger partial charge on any atom is -0.448 e. The van der Waals surface area contributed by atoms with Gasteiger partial charge < -0.3 is 9.64 Å². The number of hydrogen-bond acceptors (Lipinski definition) is 3. The summed E-state index contributed by atoms with van der Waals surface area (Å²) in [5, 5.41) is 2.37. The fraction of sp³-hybridized carbons (Fsp3) is 0.350. The molecule has 0 spiro atoms. The summed E-state index contributed by atoms with van der Waals surface area (Å²) >= 11 is 0. The summed E-state index contributed by atoms with van der Waals surface area (Å²) in [5.41, 5.74) is -2.24. The fourth-order valence-electron chi connectivity index (χ4n) is 3.31. The van der Waals surface area contributed by atoms with Crippen molar-refractivity contribution in [1.29, 1.82) is 0 Å². The van der Waals surface area contributed by atoms with Crippen molar-refractivity contribution >= 4 is 11.8 Å². The average Bonchev–Trinajstić information content (AvgIpc) is 3.06. The van der Waals surface area contributed by atoms with Gasteiger partial charge in [0.15, 0.2) is 0 Å². The predicted octanol–water partition coefficient (Wildman–Crippen LogP) is 5.29. The number of hydrogen-bond donors (Lipinski definition) is 1. The van der Waals surface area contributed by atoms with Gasteiger partial charge in [-0.1, -0.05) is 12.1 Å². The number of amides is 1. The molecule has 29 heavy (non-hydrogen) atoms. The van der Waals surface area contributed by atoms with Gasteiger partial charge in [-0.3, -0.25) is 5.32 Å². The van der Waals surface area contributed by atoms with Crippen LogP contribution in [0.3, 0.4) is 0 Å². The van der Waals surface area contributed by atoms with E-state index in [2.05, 4.69) is 10.2 Å². The maximum Gasteiger partial charge on any atom is 0.419 e. The molecule has 0 radical (unpaired) electrons. The molecule has 1 fully saturated rings. The number of nitrogens with one attached hydrogen (secondary N) is 1. The van der Waals surface area contributed by atoms with Gasteiger partial charge >= 0.3 is 12.3 Å². The second kappa shape index (κ2) is 8.36. The Morgan fingerprint density at radius 2 is 1.97 bits per heavy atom. The molecule has 156 valence electrons. The van der Waals surface area contributed by atoms with E-state index in [0.717, 1.165) is 49.7 Å². The summed E-state index contributed by atoms with van der Waals surface area (Å²) in [7, 11) is 1.91. The normalized spacial score (nSPS) is 17.4. The first kappa shape index (κ1) is 21.0. The molecule has 0 saturated carbocycles. The van der Waals surface area contributed by atoms with Gasteiger partial charge in [0, 0.05) is 17.2 Å². The molecule has 2 aromatic rings. The lowest BCUT2D eigenvalue weighted by Gasteiger charge is -2.19. The zero-order valence-electron chi connectivity index (χ0n) is 15.5. The summed E-state index contributed by atoms with van der Waals surface area (Å²) in [6.45, 7) is 1.03. The zero-order chi connectivity index (χ0) is 21.2. The Hall–Kier alpha value is -2.68. The van der Waals surface area contributed by atoms with Crippen LogP contribution in [-0.4, -0.2) is 37.2 Å². The molecule has 1 heterocycles. The van der Waals surface area contributed by atoms with Crippen molar-refractivity contribution in [2.45, 2.75) is 25.1 Å². The molecule has 0 bridgehead atoms. The smallest absolute Gasteiger partial charge is 0.419 e. The summed E-state index contributed by atoms with van der Waals surface area (Å²) < 4.78 is 72.4. The molecular formula is C20H19F5N2O2.